The highest BCUT2D eigenvalue weighted by atomic mass is 16.4. The number of piperidine rings is 1. The Balaban J connectivity index is 2.31. The molecule has 1 amide bonds. The number of aliphatic hydroxyl groups excluding tert-OH is 1. The Hall–Kier alpha value is -1.14. The lowest BCUT2D eigenvalue weighted by atomic mass is 9.94. The molecule has 1 saturated heterocycles. The molecule has 0 saturated carbocycles. The van der Waals surface area contributed by atoms with E-state index in [1.807, 2.05) is 0 Å². The van der Waals surface area contributed by atoms with Gasteiger partial charge in [-0.1, -0.05) is 0 Å². The average Bonchev–Trinajstić information content (AvgIpc) is 2.27. The van der Waals surface area contributed by atoms with Crippen LogP contribution in [0.25, 0.3) is 0 Å². The molecule has 0 bridgehead atoms. The van der Waals surface area contributed by atoms with Crippen molar-refractivity contribution in [1.29, 1.82) is 0 Å². The molecule has 0 aliphatic carbocycles. The molecule has 0 radical (unpaired) electrons. The second-order valence-corrected chi connectivity index (χ2v) is 4.04. The van der Waals surface area contributed by atoms with Gasteiger partial charge in [0.05, 0.1) is 6.61 Å². The van der Waals surface area contributed by atoms with Crippen LogP contribution in [-0.4, -0.2) is 47.8 Å². The number of hydrogen-bond acceptors (Lipinski definition) is 4. The minimum absolute atomic E-state index is 0.298. The van der Waals surface area contributed by atoms with Crippen LogP contribution in [0.5, 0.6) is 0 Å². The Bertz CT molecular complexity index is 251. The van der Waals surface area contributed by atoms with Gasteiger partial charge in [-0.25, -0.2) is 4.79 Å². The summed E-state index contributed by atoms with van der Waals surface area (Å²) in [5, 5.41) is 22.9. The van der Waals surface area contributed by atoms with Gasteiger partial charge in [0.15, 0.2) is 0 Å². The number of nitrogens with one attached hydrogen (secondary N) is 2. The molecule has 6 nitrogen and oxygen atoms in total. The first-order chi connectivity index (χ1) is 7.63. The molecule has 1 atom stereocenters. The van der Waals surface area contributed by atoms with Crippen LogP contribution in [0.1, 0.15) is 19.3 Å². The van der Waals surface area contributed by atoms with Crippen molar-refractivity contribution in [2.75, 3.05) is 19.7 Å². The molecule has 4 N–H and O–H groups in total. The van der Waals surface area contributed by atoms with Gasteiger partial charge in [0.2, 0.25) is 5.91 Å². The zero-order chi connectivity index (χ0) is 12.0. The van der Waals surface area contributed by atoms with E-state index in [9.17, 15) is 9.59 Å². The lowest BCUT2D eigenvalue weighted by Crippen LogP contribution is -2.44. The lowest BCUT2D eigenvalue weighted by Gasteiger charge is -2.22. The highest BCUT2D eigenvalue weighted by Gasteiger charge is 2.21. The summed E-state index contributed by atoms with van der Waals surface area (Å²) in [6.07, 6.45) is 2.21. The van der Waals surface area contributed by atoms with Crippen LogP contribution >= 0.6 is 0 Å². The third-order valence-electron chi connectivity index (χ3n) is 2.75. The van der Waals surface area contributed by atoms with Crippen molar-refractivity contribution in [1.82, 2.24) is 10.6 Å². The van der Waals surface area contributed by atoms with Crippen molar-refractivity contribution in [3.8, 4) is 0 Å². The molecule has 0 aromatic carbocycles. The Morgan fingerprint density at radius 3 is 2.50 bits per heavy atom. The number of aliphatic carboxylic acids is 1. The molecule has 1 fully saturated rings. The molecule has 92 valence electrons. The van der Waals surface area contributed by atoms with Gasteiger partial charge in [0, 0.05) is 6.42 Å². The van der Waals surface area contributed by atoms with Gasteiger partial charge in [-0.05, 0) is 31.8 Å². The monoisotopic (exact) mass is 230 g/mol. The quantitative estimate of drug-likeness (QED) is 0.482. The molecule has 1 heterocycles. The third kappa shape index (κ3) is 4.16. The number of rotatable bonds is 5. The smallest absolute Gasteiger partial charge is 0.328 e. The van der Waals surface area contributed by atoms with Gasteiger partial charge in [-0.2, -0.15) is 0 Å². The summed E-state index contributed by atoms with van der Waals surface area (Å²) < 4.78 is 0. The van der Waals surface area contributed by atoms with Gasteiger partial charge in [-0.15, -0.1) is 0 Å². The SMILES string of the molecule is O=C(CC1CCNCC1)N[C@H](CO)C(=O)O. The molecule has 1 rings (SSSR count). The standard InChI is InChI=1S/C10H18N2O4/c13-6-8(10(15)16)12-9(14)5-7-1-3-11-4-2-7/h7-8,11,13H,1-6H2,(H,12,14)(H,15,16)/t8-/m1/s1. The van der Waals surface area contributed by atoms with E-state index in [-0.39, 0.29) is 5.91 Å². The van der Waals surface area contributed by atoms with Crippen molar-refractivity contribution in [2.45, 2.75) is 25.3 Å². The minimum atomic E-state index is -1.21. The van der Waals surface area contributed by atoms with Crippen molar-refractivity contribution in [3.05, 3.63) is 0 Å². The van der Waals surface area contributed by atoms with Crippen molar-refractivity contribution in [3.63, 3.8) is 0 Å². The fourth-order valence-electron chi connectivity index (χ4n) is 1.79. The largest absolute Gasteiger partial charge is 0.480 e. The summed E-state index contributed by atoms with van der Waals surface area (Å²) in [6, 6.07) is -1.19. The van der Waals surface area contributed by atoms with Crippen LogP contribution in [0.2, 0.25) is 0 Å². The molecule has 0 aromatic rings. The van der Waals surface area contributed by atoms with E-state index in [4.69, 9.17) is 10.2 Å². The highest BCUT2D eigenvalue weighted by molar-refractivity contribution is 5.83. The van der Waals surface area contributed by atoms with Crippen LogP contribution in [0.15, 0.2) is 0 Å². The van der Waals surface area contributed by atoms with Gasteiger partial charge in [0.25, 0.3) is 0 Å². The molecule has 1 aliphatic rings. The first-order valence-corrected chi connectivity index (χ1v) is 5.47. The van der Waals surface area contributed by atoms with Gasteiger partial charge in [-0.3, -0.25) is 4.79 Å². The van der Waals surface area contributed by atoms with E-state index < -0.39 is 18.6 Å². The Morgan fingerprint density at radius 2 is 2.00 bits per heavy atom. The van der Waals surface area contributed by atoms with Crippen LogP contribution in [0, 0.1) is 5.92 Å². The predicted octanol–water partition coefficient (Wildman–Crippen LogP) is -1.06. The van der Waals surface area contributed by atoms with Gasteiger partial charge < -0.3 is 20.8 Å². The zero-order valence-electron chi connectivity index (χ0n) is 9.11. The molecule has 6 heteroatoms. The molecular formula is C10H18N2O4. The molecular weight excluding hydrogens is 212 g/mol. The summed E-state index contributed by atoms with van der Waals surface area (Å²) in [4.78, 5) is 22.1. The predicted molar refractivity (Wildman–Crippen MR) is 56.9 cm³/mol. The first-order valence-electron chi connectivity index (χ1n) is 5.47. The lowest BCUT2D eigenvalue weighted by molar-refractivity contribution is -0.143. The summed E-state index contributed by atoms with van der Waals surface area (Å²) in [5.41, 5.74) is 0. The Morgan fingerprint density at radius 1 is 1.38 bits per heavy atom. The maximum Gasteiger partial charge on any atom is 0.328 e. The van der Waals surface area contributed by atoms with Crippen molar-refractivity contribution < 1.29 is 19.8 Å². The number of carbonyl (C=O) groups excluding carboxylic acids is 1. The summed E-state index contributed by atoms with van der Waals surface area (Å²) in [6.45, 7) is 1.23. The van der Waals surface area contributed by atoms with Crippen molar-refractivity contribution >= 4 is 11.9 Å². The normalized spacial score (nSPS) is 19.1. The second kappa shape index (κ2) is 6.44. The second-order valence-electron chi connectivity index (χ2n) is 4.04. The van der Waals surface area contributed by atoms with Gasteiger partial charge in [0.1, 0.15) is 6.04 Å². The maximum atomic E-state index is 11.5. The first kappa shape index (κ1) is 12.9. The van der Waals surface area contributed by atoms with E-state index in [0.717, 1.165) is 25.9 Å². The van der Waals surface area contributed by atoms with Crippen molar-refractivity contribution in [2.24, 2.45) is 5.92 Å². The summed E-state index contributed by atoms with van der Waals surface area (Å²) >= 11 is 0. The summed E-state index contributed by atoms with van der Waals surface area (Å²) in [5.74, 6) is -1.19. The number of carboxylic acids is 1. The van der Waals surface area contributed by atoms with Crippen LogP contribution in [-0.2, 0) is 9.59 Å². The van der Waals surface area contributed by atoms with E-state index in [2.05, 4.69) is 10.6 Å². The number of carbonyl (C=O) groups is 2. The fourth-order valence-corrected chi connectivity index (χ4v) is 1.79. The van der Waals surface area contributed by atoms with E-state index in [1.165, 1.54) is 0 Å². The molecule has 0 aromatic heterocycles. The molecule has 0 unspecified atom stereocenters. The fraction of sp³-hybridized carbons (Fsp3) is 0.800. The number of aliphatic hydroxyl groups is 1. The Kier molecular flexibility index (Phi) is 5.21. The number of amides is 1. The molecule has 1 aliphatic heterocycles. The van der Waals surface area contributed by atoms with Crippen LogP contribution in [0.3, 0.4) is 0 Å². The number of hydrogen-bond donors (Lipinski definition) is 4. The van der Waals surface area contributed by atoms with E-state index in [1.54, 1.807) is 0 Å². The molecule has 0 spiro atoms. The van der Waals surface area contributed by atoms with E-state index >= 15 is 0 Å². The third-order valence-corrected chi connectivity index (χ3v) is 2.75. The minimum Gasteiger partial charge on any atom is -0.480 e. The zero-order valence-corrected chi connectivity index (χ0v) is 9.11. The Labute approximate surface area is 94.0 Å². The number of carboxylic acid groups (broad SMARTS) is 1. The summed E-state index contributed by atoms with van der Waals surface area (Å²) in [7, 11) is 0. The molecule has 16 heavy (non-hydrogen) atoms. The van der Waals surface area contributed by atoms with Crippen LogP contribution in [0.4, 0.5) is 0 Å². The maximum absolute atomic E-state index is 11.5. The van der Waals surface area contributed by atoms with Crippen LogP contribution < -0.4 is 10.6 Å². The van der Waals surface area contributed by atoms with Gasteiger partial charge >= 0.3 is 5.97 Å². The average molecular weight is 230 g/mol. The van der Waals surface area contributed by atoms with E-state index in [0.29, 0.717) is 12.3 Å². The highest BCUT2D eigenvalue weighted by Crippen LogP contribution is 2.15. The topological polar surface area (TPSA) is 98.7 Å².